The summed E-state index contributed by atoms with van der Waals surface area (Å²) in [6, 6.07) is 9.51. The largest absolute Gasteiger partial charge is 0.247 e. The first-order chi connectivity index (χ1) is 13.3. The zero-order valence-corrected chi connectivity index (χ0v) is 17.3. The van der Waals surface area contributed by atoms with Crippen molar-refractivity contribution in [2.45, 2.75) is 89.9 Å². The van der Waals surface area contributed by atoms with Gasteiger partial charge in [-0.2, -0.15) is 0 Å². The maximum absolute atomic E-state index is 12.1. The molecule has 0 aliphatic heterocycles. The summed E-state index contributed by atoms with van der Waals surface area (Å²) in [6.45, 7) is 1.95. The van der Waals surface area contributed by atoms with E-state index in [1.165, 1.54) is 76.2 Å². The fourth-order valence-corrected chi connectivity index (χ4v) is 5.63. The van der Waals surface area contributed by atoms with Crippen molar-refractivity contribution in [1.82, 2.24) is 0 Å². The molecule has 0 unspecified atom stereocenters. The molecule has 0 amide bonds. The molecular formula is C26H39F. The third-order valence-electron chi connectivity index (χ3n) is 7.32. The Labute approximate surface area is 166 Å². The third-order valence-corrected chi connectivity index (χ3v) is 7.32. The highest BCUT2D eigenvalue weighted by atomic mass is 19.1. The Bertz CT molecular complexity index is 542. The zero-order valence-electron chi connectivity index (χ0n) is 17.3. The van der Waals surface area contributed by atoms with Crippen molar-refractivity contribution in [3.05, 3.63) is 47.5 Å². The minimum atomic E-state index is -0.307. The van der Waals surface area contributed by atoms with E-state index in [9.17, 15) is 4.39 Å². The molecule has 2 saturated carbocycles. The van der Waals surface area contributed by atoms with Gasteiger partial charge in [0.15, 0.2) is 0 Å². The van der Waals surface area contributed by atoms with Gasteiger partial charge < -0.3 is 0 Å². The average molecular weight is 371 g/mol. The molecule has 2 aliphatic rings. The van der Waals surface area contributed by atoms with Crippen molar-refractivity contribution in [2.24, 2.45) is 17.8 Å². The van der Waals surface area contributed by atoms with Crippen molar-refractivity contribution in [1.29, 1.82) is 0 Å². The molecule has 3 rings (SSSR count). The topological polar surface area (TPSA) is 0 Å². The standard InChI is InChI=1S/C26H39F/c1-2-6-21-8-12-23(13-9-21)25-16-18-26(19-17-25)24-14-10-22(11-15-24)7-4-3-5-20-27/h3,5,8-9,12-13,22,24-26H,2,4,6-7,10-11,14-20H2,1H3/b5-3+. The van der Waals surface area contributed by atoms with Crippen molar-refractivity contribution in [3.8, 4) is 0 Å². The van der Waals surface area contributed by atoms with Gasteiger partial charge in [0.25, 0.3) is 0 Å². The number of hydrogen-bond acceptors (Lipinski definition) is 0. The molecule has 1 aromatic rings. The molecule has 0 atom stereocenters. The smallest absolute Gasteiger partial charge is 0.108 e. The summed E-state index contributed by atoms with van der Waals surface area (Å²) < 4.78 is 12.1. The van der Waals surface area contributed by atoms with Crippen LogP contribution in [0.25, 0.3) is 0 Å². The minimum absolute atomic E-state index is 0.307. The van der Waals surface area contributed by atoms with Crippen LogP contribution in [0.1, 0.15) is 94.6 Å². The van der Waals surface area contributed by atoms with Crippen LogP contribution >= 0.6 is 0 Å². The van der Waals surface area contributed by atoms with Crippen molar-refractivity contribution in [2.75, 3.05) is 6.67 Å². The predicted molar refractivity (Wildman–Crippen MR) is 115 cm³/mol. The number of rotatable bonds is 8. The van der Waals surface area contributed by atoms with Gasteiger partial charge >= 0.3 is 0 Å². The fourth-order valence-electron chi connectivity index (χ4n) is 5.63. The van der Waals surface area contributed by atoms with E-state index in [2.05, 4.69) is 31.2 Å². The molecule has 0 bridgehead atoms. The summed E-state index contributed by atoms with van der Waals surface area (Å²) in [5.74, 6) is 3.66. The van der Waals surface area contributed by atoms with Gasteiger partial charge in [0.2, 0.25) is 0 Å². The second-order valence-electron chi connectivity index (χ2n) is 9.09. The lowest BCUT2D eigenvalue weighted by Gasteiger charge is -2.38. The van der Waals surface area contributed by atoms with Crippen LogP contribution < -0.4 is 0 Å². The van der Waals surface area contributed by atoms with E-state index in [4.69, 9.17) is 0 Å². The molecule has 0 N–H and O–H groups in total. The highest BCUT2D eigenvalue weighted by molar-refractivity contribution is 5.26. The lowest BCUT2D eigenvalue weighted by molar-refractivity contribution is 0.157. The third kappa shape index (κ3) is 6.19. The summed E-state index contributed by atoms with van der Waals surface area (Å²) in [5.41, 5.74) is 3.07. The zero-order chi connectivity index (χ0) is 18.9. The summed E-state index contributed by atoms with van der Waals surface area (Å²) in [5, 5.41) is 0. The van der Waals surface area contributed by atoms with Crippen molar-refractivity contribution in [3.63, 3.8) is 0 Å². The molecule has 0 aromatic heterocycles. The highest BCUT2D eigenvalue weighted by Gasteiger charge is 2.31. The number of hydrogen-bond donors (Lipinski definition) is 0. The Morgan fingerprint density at radius 2 is 1.48 bits per heavy atom. The number of benzene rings is 1. The Kier molecular flexibility index (Phi) is 8.42. The summed E-state index contributed by atoms with van der Waals surface area (Å²) in [6.07, 6.45) is 19.9. The molecule has 1 aromatic carbocycles. The van der Waals surface area contributed by atoms with Gasteiger partial charge in [-0.3, -0.25) is 0 Å². The number of halogens is 1. The van der Waals surface area contributed by atoms with Crippen LogP contribution in [-0.4, -0.2) is 6.67 Å². The Hall–Kier alpha value is -1.11. The van der Waals surface area contributed by atoms with Crippen molar-refractivity contribution >= 4 is 0 Å². The molecule has 1 heteroatoms. The normalized spacial score (nSPS) is 29.3. The van der Waals surface area contributed by atoms with E-state index in [1.54, 1.807) is 11.6 Å². The molecule has 2 fully saturated rings. The number of alkyl halides is 1. The molecule has 0 heterocycles. The molecular weight excluding hydrogens is 331 g/mol. The van der Waals surface area contributed by atoms with Gasteiger partial charge in [0, 0.05) is 0 Å². The van der Waals surface area contributed by atoms with Crippen LogP contribution in [-0.2, 0) is 6.42 Å². The van der Waals surface area contributed by atoms with Crippen LogP contribution in [0.15, 0.2) is 36.4 Å². The Morgan fingerprint density at radius 1 is 0.852 bits per heavy atom. The molecule has 150 valence electrons. The van der Waals surface area contributed by atoms with Gasteiger partial charge in [-0.1, -0.05) is 62.6 Å². The monoisotopic (exact) mass is 370 g/mol. The van der Waals surface area contributed by atoms with E-state index in [1.807, 2.05) is 6.08 Å². The first-order valence-corrected chi connectivity index (χ1v) is 11.6. The summed E-state index contributed by atoms with van der Waals surface area (Å²) >= 11 is 0. The summed E-state index contributed by atoms with van der Waals surface area (Å²) in [4.78, 5) is 0. The number of allylic oxidation sites excluding steroid dienone is 2. The number of aryl methyl sites for hydroxylation is 1. The SMILES string of the molecule is CCCc1ccc(C2CCC(C3CCC(CC/C=C/CF)CC3)CC2)cc1. The van der Waals surface area contributed by atoms with E-state index in [0.29, 0.717) is 0 Å². The second kappa shape index (κ2) is 11.0. The quantitative estimate of drug-likeness (QED) is 0.406. The van der Waals surface area contributed by atoms with E-state index in [0.717, 1.165) is 30.1 Å². The average Bonchev–Trinajstić information content (AvgIpc) is 2.73. The lowest BCUT2D eigenvalue weighted by atomic mass is 9.68. The van der Waals surface area contributed by atoms with Crippen molar-refractivity contribution < 1.29 is 4.39 Å². The highest BCUT2D eigenvalue weighted by Crippen LogP contribution is 2.44. The second-order valence-corrected chi connectivity index (χ2v) is 9.09. The fraction of sp³-hybridized carbons (Fsp3) is 0.692. The van der Waals surface area contributed by atoms with Gasteiger partial charge in [0.05, 0.1) is 0 Å². The van der Waals surface area contributed by atoms with E-state index < -0.39 is 0 Å². The van der Waals surface area contributed by atoms with E-state index in [-0.39, 0.29) is 6.67 Å². The predicted octanol–water partition coefficient (Wildman–Crippen LogP) is 8.03. The van der Waals surface area contributed by atoms with Gasteiger partial charge in [0.1, 0.15) is 6.67 Å². The minimum Gasteiger partial charge on any atom is -0.247 e. The molecule has 27 heavy (non-hydrogen) atoms. The maximum Gasteiger partial charge on any atom is 0.108 e. The molecule has 0 saturated heterocycles. The lowest BCUT2D eigenvalue weighted by Crippen LogP contribution is -2.25. The summed E-state index contributed by atoms with van der Waals surface area (Å²) in [7, 11) is 0. The maximum atomic E-state index is 12.1. The molecule has 0 radical (unpaired) electrons. The van der Waals surface area contributed by atoms with Gasteiger partial charge in [-0.05, 0) is 92.6 Å². The van der Waals surface area contributed by atoms with Gasteiger partial charge in [-0.15, -0.1) is 0 Å². The van der Waals surface area contributed by atoms with Gasteiger partial charge in [-0.25, -0.2) is 4.39 Å². The van der Waals surface area contributed by atoms with Crippen LogP contribution in [0, 0.1) is 17.8 Å². The first-order valence-electron chi connectivity index (χ1n) is 11.6. The van der Waals surface area contributed by atoms with E-state index >= 15 is 0 Å². The molecule has 2 aliphatic carbocycles. The first kappa shape index (κ1) is 20.6. The molecule has 0 nitrogen and oxygen atoms in total. The van der Waals surface area contributed by atoms with Crippen LogP contribution in [0.2, 0.25) is 0 Å². The van der Waals surface area contributed by atoms with Crippen LogP contribution in [0.3, 0.4) is 0 Å². The molecule has 0 spiro atoms. The van der Waals surface area contributed by atoms with Crippen LogP contribution in [0.4, 0.5) is 4.39 Å². The Balaban J connectivity index is 1.39. The Morgan fingerprint density at radius 3 is 2.07 bits per heavy atom. The van der Waals surface area contributed by atoms with Crippen LogP contribution in [0.5, 0.6) is 0 Å².